The molecule has 168 valence electrons. The van der Waals surface area contributed by atoms with E-state index in [1.165, 1.54) is 28.4 Å². The van der Waals surface area contributed by atoms with E-state index in [1.54, 1.807) is 48.7 Å². The van der Waals surface area contributed by atoms with Crippen molar-refractivity contribution in [2.45, 2.75) is 25.3 Å². The number of hydrogen-bond acceptors (Lipinski definition) is 5. The van der Waals surface area contributed by atoms with Gasteiger partial charge in [0.2, 0.25) is 0 Å². The van der Waals surface area contributed by atoms with Gasteiger partial charge < -0.3 is 5.32 Å². The lowest BCUT2D eigenvalue weighted by Crippen LogP contribution is -2.47. The number of imide groups is 1. The van der Waals surface area contributed by atoms with Gasteiger partial charge in [-0.05, 0) is 62.1 Å². The maximum absolute atomic E-state index is 13.4. The summed E-state index contributed by atoms with van der Waals surface area (Å²) in [6.07, 6.45) is 1.76. The monoisotopic (exact) mass is 464 g/mol. The first-order chi connectivity index (χ1) is 15.9. The summed E-state index contributed by atoms with van der Waals surface area (Å²) in [7, 11) is 0. The van der Waals surface area contributed by atoms with E-state index in [9.17, 15) is 18.8 Å². The predicted octanol–water partition coefficient (Wildman–Crippen LogP) is 4.33. The molecule has 1 aromatic heterocycles. The van der Waals surface area contributed by atoms with E-state index in [0.29, 0.717) is 22.1 Å². The van der Waals surface area contributed by atoms with Gasteiger partial charge in [-0.3, -0.25) is 19.4 Å². The standard InChI is InChI=1S/C24H21FN4O3S/c1-24(16-9-10-16)21(31)28(22(32)27-24)13-20(30)29(18-5-3-2-4-6-18)23-26-19(14-33-23)15-7-11-17(25)12-8-15/h2-8,11-12,14,16H,9-10,13H2,1H3,(H,27,32). The first-order valence-corrected chi connectivity index (χ1v) is 11.5. The molecule has 33 heavy (non-hydrogen) atoms. The van der Waals surface area contributed by atoms with Gasteiger partial charge in [0.05, 0.1) is 11.4 Å². The van der Waals surface area contributed by atoms with E-state index in [4.69, 9.17) is 0 Å². The van der Waals surface area contributed by atoms with Crippen molar-refractivity contribution in [1.29, 1.82) is 0 Å². The van der Waals surface area contributed by atoms with Crippen molar-refractivity contribution in [3.63, 3.8) is 0 Å². The predicted molar refractivity (Wildman–Crippen MR) is 122 cm³/mol. The minimum absolute atomic E-state index is 0.108. The molecule has 0 radical (unpaired) electrons. The van der Waals surface area contributed by atoms with Gasteiger partial charge in [-0.25, -0.2) is 14.2 Å². The molecular weight excluding hydrogens is 443 g/mol. The molecule has 0 bridgehead atoms. The number of hydrogen-bond donors (Lipinski definition) is 1. The molecule has 5 rings (SSSR count). The molecule has 4 amide bonds. The van der Waals surface area contributed by atoms with Crippen LogP contribution in [0.4, 0.5) is 20.0 Å². The molecule has 1 unspecified atom stereocenters. The van der Waals surface area contributed by atoms with Gasteiger partial charge in [-0.2, -0.15) is 0 Å². The molecule has 3 aromatic rings. The fourth-order valence-electron chi connectivity index (χ4n) is 4.06. The van der Waals surface area contributed by atoms with Crippen molar-refractivity contribution in [3.05, 3.63) is 65.8 Å². The smallest absolute Gasteiger partial charge is 0.323 e. The zero-order valence-electron chi connectivity index (χ0n) is 17.8. The van der Waals surface area contributed by atoms with Crippen molar-refractivity contribution in [2.24, 2.45) is 5.92 Å². The van der Waals surface area contributed by atoms with E-state index in [0.717, 1.165) is 17.7 Å². The number of aromatic nitrogens is 1. The van der Waals surface area contributed by atoms with Crippen LogP contribution >= 0.6 is 11.3 Å². The van der Waals surface area contributed by atoms with Crippen molar-refractivity contribution in [3.8, 4) is 11.3 Å². The molecule has 2 aromatic carbocycles. The lowest BCUT2D eigenvalue weighted by molar-refractivity contribution is -0.134. The summed E-state index contributed by atoms with van der Waals surface area (Å²) >= 11 is 1.25. The van der Waals surface area contributed by atoms with Gasteiger partial charge in [0.25, 0.3) is 11.8 Å². The summed E-state index contributed by atoms with van der Waals surface area (Å²) in [4.78, 5) is 46.0. The van der Waals surface area contributed by atoms with E-state index < -0.39 is 24.0 Å². The van der Waals surface area contributed by atoms with Gasteiger partial charge in [0, 0.05) is 10.9 Å². The van der Waals surface area contributed by atoms with Gasteiger partial charge in [-0.15, -0.1) is 11.3 Å². The largest absolute Gasteiger partial charge is 0.325 e. The average Bonchev–Trinajstić information content (AvgIpc) is 3.53. The molecule has 9 heteroatoms. The maximum atomic E-state index is 13.4. The number of carbonyl (C=O) groups excluding carboxylic acids is 3. The van der Waals surface area contributed by atoms with Crippen LogP contribution in [0.2, 0.25) is 0 Å². The zero-order chi connectivity index (χ0) is 23.2. The fourth-order valence-corrected chi connectivity index (χ4v) is 4.93. The normalized spacial score (nSPS) is 20.1. The highest BCUT2D eigenvalue weighted by Gasteiger charge is 2.56. The lowest BCUT2D eigenvalue weighted by atomic mass is 9.96. The average molecular weight is 465 g/mol. The number of rotatable bonds is 6. The van der Waals surface area contributed by atoms with E-state index >= 15 is 0 Å². The molecule has 0 spiro atoms. The molecule has 7 nitrogen and oxygen atoms in total. The second kappa shape index (κ2) is 8.08. The Labute approximate surface area is 193 Å². The molecule has 1 aliphatic heterocycles. The third kappa shape index (κ3) is 3.89. The molecule has 2 heterocycles. The van der Waals surface area contributed by atoms with E-state index in [2.05, 4.69) is 10.3 Å². The molecule has 1 saturated carbocycles. The molecule has 1 atom stereocenters. The topological polar surface area (TPSA) is 82.6 Å². The minimum atomic E-state index is -0.953. The number of benzene rings is 2. The van der Waals surface area contributed by atoms with Gasteiger partial charge in [0.15, 0.2) is 5.13 Å². The Morgan fingerprint density at radius 1 is 1.18 bits per heavy atom. The second-order valence-electron chi connectivity index (χ2n) is 8.38. The van der Waals surface area contributed by atoms with Crippen molar-refractivity contribution in [2.75, 3.05) is 11.4 Å². The Morgan fingerprint density at radius 2 is 1.88 bits per heavy atom. The quantitative estimate of drug-likeness (QED) is 0.551. The number of para-hydroxylation sites is 1. The Hall–Kier alpha value is -3.59. The number of thiazole rings is 1. The number of urea groups is 1. The first kappa shape index (κ1) is 21.3. The van der Waals surface area contributed by atoms with Gasteiger partial charge >= 0.3 is 6.03 Å². The second-order valence-corrected chi connectivity index (χ2v) is 9.22. The highest BCUT2D eigenvalue weighted by Crippen LogP contribution is 2.42. The Kier molecular flexibility index (Phi) is 5.20. The van der Waals surface area contributed by atoms with Crippen LogP contribution in [-0.4, -0.2) is 39.8 Å². The summed E-state index contributed by atoms with van der Waals surface area (Å²) in [5.74, 6) is -1.06. The summed E-state index contributed by atoms with van der Waals surface area (Å²) in [5.41, 5.74) is 0.930. The number of nitrogens with one attached hydrogen (secondary N) is 1. The summed E-state index contributed by atoms with van der Waals surface area (Å²) in [6.45, 7) is 1.33. The highest BCUT2D eigenvalue weighted by atomic mass is 32.1. The molecule has 2 fully saturated rings. The summed E-state index contributed by atoms with van der Waals surface area (Å²) in [6, 6.07) is 14.3. The number of halogens is 1. The van der Waals surface area contributed by atoms with Crippen LogP contribution in [0.15, 0.2) is 60.0 Å². The van der Waals surface area contributed by atoms with Crippen molar-refractivity contribution >= 4 is 40.0 Å². The summed E-state index contributed by atoms with van der Waals surface area (Å²) < 4.78 is 13.3. The third-order valence-electron chi connectivity index (χ3n) is 6.08. The first-order valence-electron chi connectivity index (χ1n) is 10.6. The number of carbonyl (C=O) groups is 3. The van der Waals surface area contributed by atoms with Crippen molar-refractivity contribution < 1.29 is 18.8 Å². The van der Waals surface area contributed by atoms with E-state index in [1.807, 2.05) is 6.07 Å². The van der Waals surface area contributed by atoms with Crippen LogP contribution in [0.25, 0.3) is 11.3 Å². The zero-order valence-corrected chi connectivity index (χ0v) is 18.6. The minimum Gasteiger partial charge on any atom is -0.323 e. The van der Waals surface area contributed by atoms with Crippen LogP contribution in [0.5, 0.6) is 0 Å². The van der Waals surface area contributed by atoms with Gasteiger partial charge in [-0.1, -0.05) is 18.2 Å². The summed E-state index contributed by atoms with van der Waals surface area (Å²) in [5, 5.41) is 4.94. The van der Waals surface area contributed by atoms with Crippen LogP contribution in [0, 0.1) is 11.7 Å². The lowest BCUT2D eigenvalue weighted by Gasteiger charge is -2.23. The SMILES string of the molecule is CC1(C2CC2)NC(=O)N(CC(=O)N(c2ccccc2)c2nc(-c3ccc(F)cc3)cs2)C1=O. The molecule has 1 aliphatic carbocycles. The third-order valence-corrected chi connectivity index (χ3v) is 6.90. The molecule has 2 aliphatic rings. The highest BCUT2D eigenvalue weighted by molar-refractivity contribution is 7.14. The Balaban J connectivity index is 1.44. The van der Waals surface area contributed by atoms with Gasteiger partial charge in [0.1, 0.15) is 17.9 Å². The molecule has 1 saturated heterocycles. The number of anilines is 2. The number of nitrogens with zero attached hydrogens (tertiary/aromatic N) is 3. The fraction of sp³-hybridized carbons (Fsp3) is 0.250. The number of amides is 4. The van der Waals surface area contributed by atoms with Crippen molar-refractivity contribution in [1.82, 2.24) is 15.2 Å². The Bertz CT molecular complexity index is 1230. The van der Waals surface area contributed by atoms with Crippen LogP contribution in [0.3, 0.4) is 0 Å². The Morgan fingerprint density at radius 3 is 2.55 bits per heavy atom. The maximum Gasteiger partial charge on any atom is 0.325 e. The van der Waals surface area contributed by atoms with Crippen LogP contribution in [0.1, 0.15) is 19.8 Å². The molecule has 1 N–H and O–H groups in total. The van der Waals surface area contributed by atoms with Crippen LogP contribution in [-0.2, 0) is 9.59 Å². The van der Waals surface area contributed by atoms with Crippen LogP contribution < -0.4 is 10.2 Å². The van der Waals surface area contributed by atoms with E-state index in [-0.39, 0.29) is 17.6 Å². The molecular formula is C24H21FN4O3S.